The van der Waals surface area contributed by atoms with Crippen LogP contribution in [0.4, 0.5) is 0 Å². The highest BCUT2D eigenvalue weighted by Gasteiger charge is 2.20. The molecule has 0 saturated carbocycles. The van der Waals surface area contributed by atoms with Crippen molar-refractivity contribution in [1.82, 2.24) is 9.55 Å². The van der Waals surface area contributed by atoms with Gasteiger partial charge in [0.25, 0.3) is 0 Å². The summed E-state index contributed by atoms with van der Waals surface area (Å²) in [5.74, 6) is 0. The van der Waals surface area contributed by atoms with Gasteiger partial charge in [-0.15, -0.1) is 0 Å². The molecular weight excluding hydrogens is 243 g/mol. The monoisotopic (exact) mass is 254 g/mol. The first-order valence-corrected chi connectivity index (χ1v) is 6.26. The van der Waals surface area contributed by atoms with Gasteiger partial charge in [-0.3, -0.25) is 0 Å². The smallest absolute Gasteiger partial charge is 0.155 e. The van der Waals surface area contributed by atoms with Crippen molar-refractivity contribution in [3.8, 4) is 0 Å². The number of nitrogens with zero attached hydrogens (tertiary/aromatic N) is 2. The molecule has 0 saturated heterocycles. The molecule has 1 aliphatic carbocycles. The van der Waals surface area contributed by atoms with Crippen molar-refractivity contribution in [2.24, 2.45) is 7.05 Å². The molecule has 2 nitrogen and oxygen atoms in total. The van der Waals surface area contributed by atoms with Gasteiger partial charge in [-0.1, -0.05) is 23.2 Å². The Labute approximate surface area is 104 Å². The first kappa shape index (κ1) is 10.4. The maximum Gasteiger partial charge on any atom is 0.155 e. The zero-order valence-corrected chi connectivity index (χ0v) is 10.6. The van der Waals surface area contributed by atoms with E-state index in [-0.39, 0.29) is 0 Å². The molecule has 0 amide bonds. The number of aromatic nitrogens is 2. The van der Waals surface area contributed by atoms with Crippen molar-refractivity contribution >= 4 is 34.1 Å². The lowest BCUT2D eigenvalue weighted by molar-refractivity contribution is 0.653. The zero-order chi connectivity index (χ0) is 11.3. The Hall–Kier alpha value is -0.730. The number of pyridine rings is 1. The number of halogens is 2. The predicted octanol–water partition coefficient (Wildman–Crippen LogP) is 3.76. The quantitative estimate of drug-likeness (QED) is 0.655. The molecule has 0 spiro atoms. The molecular formula is C12H12Cl2N2. The van der Waals surface area contributed by atoms with E-state index in [0.29, 0.717) is 10.3 Å². The van der Waals surface area contributed by atoms with Crippen LogP contribution in [0.5, 0.6) is 0 Å². The van der Waals surface area contributed by atoms with Crippen LogP contribution in [0.3, 0.4) is 0 Å². The third kappa shape index (κ3) is 1.36. The molecule has 0 aliphatic heterocycles. The second kappa shape index (κ2) is 3.64. The van der Waals surface area contributed by atoms with Gasteiger partial charge in [0.15, 0.2) is 5.15 Å². The van der Waals surface area contributed by atoms with Crippen LogP contribution in [0, 0.1) is 0 Å². The fraction of sp³-hybridized carbons (Fsp3) is 0.417. The maximum atomic E-state index is 6.17. The topological polar surface area (TPSA) is 17.8 Å². The van der Waals surface area contributed by atoms with E-state index in [0.717, 1.165) is 18.4 Å². The van der Waals surface area contributed by atoms with Crippen LogP contribution in [0.25, 0.3) is 10.9 Å². The first-order chi connectivity index (χ1) is 7.68. The molecule has 1 aliphatic rings. The van der Waals surface area contributed by atoms with Crippen molar-refractivity contribution in [2.45, 2.75) is 25.7 Å². The summed E-state index contributed by atoms with van der Waals surface area (Å²) >= 11 is 12.1. The summed E-state index contributed by atoms with van der Waals surface area (Å²) in [6, 6.07) is 1.94. The zero-order valence-electron chi connectivity index (χ0n) is 9.06. The molecule has 0 atom stereocenters. The van der Waals surface area contributed by atoms with Crippen molar-refractivity contribution in [1.29, 1.82) is 0 Å². The average molecular weight is 255 g/mol. The minimum absolute atomic E-state index is 0.483. The molecule has 4 heteroatoms. The van der Waals surface area contributed by atoms with Crippen molar-refractivity contribution in [2.75, 3.05) is 0 Å². The van der Waals surface area contributed by atoms with Crippen molar-refractivity contribution < 1.29 is 0 Å². The van der Waals surface area contributed by atoms with E-state index in [9.17, 15) is 0 Å². The Bertz CT molecular complexity index is 572. The molecule has 2 heterocycles. The molecule has 0 aromatic carbocycles. The number of fused-ring (bicyclic) bond motifs is 3. The van der Waals surface area contributed by atoms with Gasteiger partial charge in [0.1, 0.15) is 5.15 Å². The van der Waals surface area contributed by atoms with Crippen LogP contribution >= 0.6 is 23.2 Å². The molecule has 0 unspecified atom stereocenters. The Morgan fingerprint density at radius 3 is 2.81 bits per heavy atom. The van der Waals surface area contributed by atoms with E-state index in [1.54, 1.807) is 0 Å². The van der Waals surface area contributed by atoms with Gasteiger partial charge in [0.05, 0.1) is 5.52 Å². The largest absolute Gasteiger partial charge is 0.345 e. The van der Waals surface area contributed by atoms with Gasteiger partial charge in [0.2, 0.25) is 0 Å². The van der Waals surface area contributed by atoms with Crippen molar-refractivity contribution in [3.05, 3.63) is 27.6 Å². The number of rotatable bonds is 0. The Morgan fingerprint density at radius 2 is 2.00 bits per heavy atom. The van der Waals surface area contributed by atoms with E-state index < -0.39 is 0 Å². The van der Waals surface area contributed by atoms with Crippen LogP contribution in [0.1, 0.15) is 24.1 Å². The highest BCUT2D eigenvalue weighted by molar-refractivity contribution is 6.36. The van der Waals surface area contributed by atoms with E-state index in [1.807, 2.05) is 6.07 Å². The Balaban J connectivity index is 2.44. The Morgan fingerprint density at radius 1 is 1.25 bits per heavy atom. The van der Waals surface area contributed by atoms with E-state index in [4.69, 9.17) is 23.2 Å². The summed E-state index contributed by atoms with van der Waals surface area (Å²) < 4.78 is 2.18. The summed E-state index contributed by atoms with van der Waals surface area (Å²) in [5, 5.41) is 2.18. The lowest BCUT2D eigenvalue weighted by Gasteiger charge is -2.12. The molecule has 2 aromatic heterocycles. The SMILES string of the molecule is Cn1c2c(c3cc(Cl)nc(Cl)c31)CCCC2. The molecule has 0 radical (unpaired) electrons. The van der Waals surface area contributed by atoms with Gasteiger partial charge >= 0.3 is 0 Å². The van der Waals surface area contributed by atoms with E-state index >= 15 is 0 Å². The van der Waals surface area contributed by atoms with Gasteiger partial charge in [0, 0.05) is 18.1 Å². The van der Waals surface area contributed by atoms with Crippen LogP contribution in [-0.4, -0.2) is 9.55 Å². The van der Waals surface area contributed by atoms with E-state index in [1.165, 1.54) is 29.5 Å². The molecule has 16 heavy (non-hydrogen) atoms. The second-order valence-electron chi connectivity index (χ2n) is 4.32. The summed E-state index contributed by atoms with van der Waals surface area (Å²) in [4.78, 5) is 4.12. The van der Waals surface area contributed by atoms with Crippen LogP contribution in [0.15, 0.2) is 6.07 Å². The van der Waals surface area contributed by atoms with Crippen LogP contribution in [0.2, 0.25) is 10.3 Å². The van der Waals surface area contributed by atoms with Gasteiger partial charge < -0.3 is 4.57 Å². The molecule has 0 N–H and O–H groups in total. The molecule has 0 bridgehead atoms. The number of hydrogen-bond donors (Lipinski definition) is 0. The maximum absolute atomic E-state index is 6.17. The number of aryl methyl sites for hydroxylation is 2. The third-order valence-corrected chi connectivity index (χ3v) is 3.88. The molecule has 2 aromatic rings. The average Bonchev–Trinajstić information content (AvgIpc) is 2.54. The summed E-state index contributed by atoms with van der Waals surface area (Å²) in [7, 11) is 2.06. The minimum Gasteiger partial charge on any atom is -0.345 e. The Kier molecular flexibility index (Phi) is 2.37. The normalized spacial score (nSPS) is 15.4. The summed E-state index contributed by atoms with van der Waals surface area (Å²) in [6.45, 7) is 0. The van der Waals surface area contributed by atoms with E-state index in [2.05, 4.69) is 16.6 Å². The highest BCUT2D eigenvalue weighted by Crippen LogP contribution is 2.35. The van der Waals surface area contributed by atoms with Gasteiger partial charge in [-0.05, 0) is 37.3 Å². The second-order valence-corrected chi connectivity index (χ2v) is 5.07. The molecule has 0 fully saturated rings. The third-order valence-electron chi connectivity index (χ3n) is 3.42. The fourth-order valence-corrected chi connectivity index (χ4v) is 3.27. The van der Waals surface area contributed by atoms with Crippen LogP contribution in [-0.2, 0) is 19.9 Å². The van der Waals surface area contributed by atoms with Gasteiger partial charge in [-0.25, -0.2) is 4.98 Å². The van der Waals surface area contributed by atoms with Gasteiger partial charge in [-0.2, -0.15) is 0 Å². The number of hydrogen-bond acceptors (Lipinski definition) is 1. The van der Waals surface area contributed by atoms with Crippen LogP contribution < -0.4 is 0 Å². The minimum atomic E-state index is 0.483. The lowest BCUT2D eigenvalue weighted by Crippen LogP contribution is -2.04. The van der Waals surface area contributed by atoms with Crippen molar-refractivity contribution in [3.63, 3.8) is 0 Å². The predicted molar refractivity (Wildman–Crippen MR) is 67.4 cm³/mol. The molecule has 3 rings (SSSR count). The first-order valence-electron chi connectivity index (χ1n) is 5.50. The fourth-order valence-electron chi connectivity index (χ4n) is 2.71. The molecule has 84 valence electrons. The summed E-state index contributed by atoms with van der Waals surface area (Å²) in [5.41, 5.74) is 3.83. The highest BCUT2D eigenvalue weighted by atomic mass is 35.5. The lowest BCUT2D eigenvalue weighted by atomic mass is 9.96. The summed E-state index contributed by atoms with van der Waals surface area (Å²) in [6.07, 6.45) is 4.78. The standard InChI is InChI=1S/C12H12Cl2N2/c1-16-9-5-3-2-4-7(9)8-6-10(13)15-12(14)11(8)16/h6H,2-5H2,1H3.